The smallest absolute Gasteiger partial charge is 0.261 e. The second kappa shape index (κ2) is 7.22. The quantitative estimate of drug-likeness (QED) is 0.854. The van der Waals surface area contributed by atoms with Crippen molar-refractivity contribution in [1.82, 2.24) is 14.5 Å². The van der Waals surface area contributed by atoms with E-state index in [9.17, 15) is 9.18 Å². The first-order valence-electron chi connectivity index (χ1n) is 9.18. The number of likely N-dealkylation sites (tertiary alicyclic amines) is 1. The van der Waals surface area contributed by atoms with Crippen LogP contribution < -0.4 is 5.56 Å². The van der Waals surface area contributed by atoms with Gasteiger partial charge in [0, 0.05) is 25.8 Å². The lowest BCUT2D eigenvalue weighted by Gasteiger charge is -2.33. The number of hydrogen-bond donors (Lipinski definition) is 0. The Morgan fingerprint density at radius 2 is 2.04 bits per heavy atom. The second-order valence-corrected chi connectivity index (χ2v) is 7.24. The molecule has 2 saturated heterocycles. The molecule has 1 aromatic heterocycles. The summed E-state index contributed by atoms with van der Waals surface area (Å²) in [5.74, 6) is 0.119. The maximum atomic E-state index is 13.3. The fourth-order valence-electron chi connectivity index (χ4n) is 3.97. The highest BCUT2D eigenvalue weighted by Crippen LogP contribution is 2.21. The molecule has 0 amide bonds. The maximum absolute atomic E-state index is 13.3. The number of rotatable bonds is 4. The van der Waals surface area contributed by atoms with Crippen LogP contribution in [0.1, 0.15) is 25.7 Å². The van der Waals surface area contributed by atoms with Gasteiger partial charge in [0.1, 0.15) is 5.82 Å². The van der Waals surface area contributed by atoms with Crippen molar-refractivity contribution in [2.24, 2.45) is 5.92 Å². The Balaban J connectivity index is 1.38. The lowest BCUT2D eigenvalue weighted by atomic mass is 9.96. The monoisotopic (exact) mass is 345 g/mol. The zero-order valence-corrected chi connectivity index (χ0v) is 14.4. The summed E-state index contributed by atoms with van der Waals surface area (Å²) in [5, 5.41) is 0.486. The molecular formula is C19H24FN3O2. The van der Waals surface area contributed by atoms with Crippen LogP contribution in [-0.4, -0.2) is 46.8 Å². The first-order valence-corrected chi connectivity index (χ1v) is 9.18. The molecule has 0 radical (unpaired) electrons. The Bertz CT molecular complexity index is 793. The standard InChI is InChI=1S/C19H24FN3O2/c20-15-3-4-17-18(10-15)21-13-23(19(17)24)11-14-5-7-22(8-6-14)12-16-2-1-9-25-16/h3-4,10,13-14,16H,1-2,5-9,11-12H2. The van der Waals surface area contributed by atoms with Gasteiger partial charge in [0.15, 0.2) is 0 Å². The van der Waals surface area contributed by atoms with Crippen molar-refractivity contribution < 1.29 is 9.13 Å². The molecule has 25 heavy (non-hydrogen) atoms. The molecule has 3 heterocycles. The van der Waals surface area contributed by atoms with E-state index in [1.54, 1.807) is 10.9 Å². The molecule has 2 aliphatic heterocycles. The highest BCUT2D eigenvalue weighted by Gasteiger charge is 2.24. The molecule has 134 valence electrons. The average Bonchev–Trinajstić information content (AvgIpc) is 3.12. The van der Waals surface area contributed by atoms with Crippen LogP contribution in [0, 0.1) is 11.7 Å². The minimum absolute atomic E-state index is 0.0771. The van der Waals surface area contributed by atoms with Gasteiger partial charge in [-0.15, -0.1) is 0 Å². The van der Waals surface area contributed by atoms with Crippen molar-refractivity contribution in [2.45, 2.75) is 38.3 Å². The van der Waals surface area contributed by atoms with E-state index in [-0.39, 0.29) is 11.4 Å². The van der Waals surface area contributed by atoms with E-state index in [0.29, 0.717) is 29.5 Å². The first kappa shape index (κ1) is 16.7. The highest BCUT2D eigenvalue weighted by atomic mass is 19.1. The van der Waals surface area contributed by atoms with Gasteiger partial charge < -0.3 is 9.64 Å². The molecule has 0 N–H and O–H groups in total. The molecule has 5 nitrogen and oxygen atoms in total. The summed E-state index contributed by atoms with van der Waals surface area (Å²) in [7, 11) is 0. The Kier molecular flexibility index (Phi) is 4.81. The number of nitrogens with zero attached hydrogens (tertiary/aromatic N) is 3. The second-order valence-electron chi connectivity index (χ2n) is 7.24. The fourth-order valence-corrected chi connectivity index (χ4v) is 3.97. The summed E-state index contributed by atoms with van der Waals surface area (Å²) in [6, 6.07) is 4.16. The molecule has 0 spiro atoms. The third-order valence-electron chi connectivity index (χ3n) is 5.44. The van der Waals surface area contributed by atoms with Gasteiger partial charge in [0.2, 0.25) is 0 Å². The Hall–Kier alpha value is -1.79. The van der Waals surface area contributed by atoms with Gasteiger partial charge in [-0.1, -0.05) is 0 Å². The van der Waals surface area contributed by atoms with Gasteiger partial charge in [-0.3, -0.25) is 9.36 Å². The van der Waals surface area contributed by atoms with Gasteiger partial charge in [-0.05, 0) is 56.8 Å². The van der Waals surface area contributed by atoms with Crippen LogP contribution in [-0.2, 0) is 11.3 Å². The number of piperidine rings is 1. The van der Waals surface area contributed by atoms with Crippen molar-refractivity contribution in [1.29, 1.82) is 0 Å². The largest absolute Gasteiger partial charge is 0.377 e. The van der Waals surface area contributed by atoms with Gasteiger partial charge in [0.05, 0.1) is 23.3 Å². The highest BCUT2D eigenvalue weighted by molar-refractivity contribution is 5.77. The molecule has 2 aromatic rings. The van der Waals surface area contributed by atoms with Crippen LogP contribution in [0.5, 0.6) is 0 Å². The molecular weight excluding hydrogens is 321 g/mol. The van der Waals surface area contributed by atoms with E-state index < -0.39 is 0 Å². The van der Waals surface area contributed by atoms with Crippen molar-refractivity contribution in [3.63, 3.8) is 0 Å². The molecule has 4 rings (SSSR count). The Morgan fingerprint density at radius 1 is 1.20 bits per heavy atom. The number of halogens is 1. The summed E-state index contributed by atoms with van der Waals surface area (Å²) in [5.41, 5.74) is 0.347. The number of hydrogen-bond acceptors (Lipinski definition) is 4. The summed E-state index contributed by atoms with van der Waals surface area (Å²) in [4.78, 5) is 19.3. The predicted octanol–water partition coefficient (Wildman–Crippen LogP) is 2.43. The van der Waals surface area contributed by atoms with E-state index in [2.05, 4.69) is 9.88 Å². The molecule has 0 bridgehead atoms. The number of aromatic nitrogens is 2. The molecule has 2 fully saturated rings. The maximum Gasteiger partial charge on any atom is 0.261 e. The Labute approximate surface area is 146 Å². The minimum atomic E-state index is -0.365. The predicted molar refractivity (Wildman–Crippen MR) is 94.1 cm³/mol. The van der Waals surface area contributed by atoms with Crippen LogP contribution >= 0.6 is 0 Å². The summed E-state index contributed by atoms with van der Waals surface area (Å²) < 4.78 is 20.7. The van der Waals surface area contributed by atoms with Gasteiger partial charge in [-0.25, -0.2) is 9.37 Å². The van der Waals surface area contributed by atoms with Gasteiger partial charge >= 0.3 is 0 Å². The fraction of sp³-hybridized carbons (Fsp3) is 0.579. The van der Waals surface area contributed by atoms with Crippen LogP contribution in [0.3, 0.4) is 0 Å². The van der Waals surface area contributed by atoms with Crippen LogP contribution in [0.2, 0.25) is 0 Å². The van der Waals surface area contributed by atoms with Crippen LogP contribution in [0.25, 0.3) is 10.9 Å². The molecule has 0 saturated carbocycles. The zero-order chi connectivity index (χ0) is 17.2. The summed E-state index contributed by atoms with van der Waals surface area (Å²) >= 11 is 0. The topological polar surface area (TPSA) is 47.4 Å². The number of benzene rings is 1. The molecule has 1 aromatic carbocycles. The molecule has 2 aliphatic rings. The summed E-state index contributed by atoms with van der Waals surface area (Å²) in [6.07, 6.45) is 6.50. The van der Waals surface area contributed by atoms with Gasteiger partial charge in [0.25, 0.3) is 5.56 Å². The first-order chi connectivity index (χ1) is 12.2. The van der Waals surface area contributed by atoms with Gasteiger partial charge in [-0.2, -0.15) is 0 Å². The lowest BCUT2D eigenvalue weighted by molar-refractivity contribution is 0.0583. The average molecular weight is 345 g/mol. The third kappa shape index (κ3) is 3.75. The van der Waals surface area contributed by atoms with E-state index in [1.165, 1.54) is 31.0 Å². The molecule has 6 heteroatoms. The molecule has 1 atom stereocenters. The van der Waals surface area contributed by atoms with E-state index in [0.717, 1.165) is 39.1 Å². The number of ether oxygens (including phenoxy) is 1. The Morgan fingerprint density at radius 3 is 2.80 bits per heavy atom. The van der Waals surface area contributed by atoms with Crippen molar-refractivity contribution >= 4 is 10.9 Å². The van der Waals surface area contributed by atoms with Crippen molar-refractivity contribution in [3.8, 4) is 0 Å². The van der Waals surface area contributed by atoms with Crippen LogP contribution in [0.4, 0.5) is 4.39 Å². The lowest BCUT2D eigenvalue weighted by Crippen LogP contribution is -2.40. The van der Waals surface area contributed by atoms with Crippen molar-refractivity contribution in [3.05, 3.63) is 40.7 Å². The normalized spacial score (nSPS) is 22.7. The van der Waals surface area contributed by atoms with Crippen molar-refractivity contribution in [2.75, 3.05) is 26.2 Å². The van der Waals surface area contributed by atoms with Crippen LogP contribution in [0.15, 0.2) is 29.3 Å². The molecule has 1 unspecified atom stereocenters. The minimum Gasteiger partial charge on any atom is -0.377 e. The SMILES string of the molecule is O=c1c2ccc(F)cc2ncn1CC1CCN(CC2CCCO2)CC1. The van der Waals surface area contributed by atoms with E-state index in [4.69, 9.17) is 4.74 Å². The number of fused-ring (bicyclic) bond motifs is 1. The zero-order valence-electron chi connectivity index (χ0n) is 14.4. The summed E-state index contributed by atoms with van der Waals surface area (Å²) in [6.45, 7) is 4.75. The third-order valence-corrected chi connectivity index (χ3v) is 5.44. The van der Waals surface area contributed by atoms with E-state index in [1.807, 2.05) is 0 Å². The molecule has 0 aliphatic carbocycles. The van der Waals surface area contributed by atoms with E-state index >= 15 is 0 Å².